The summed E-state index contributed by atoms with van der Waals surface area (Å²) in [6.45, 7) is 21.3. The molecule has 272 valence electrons. The van der Waals surface area contributed by atoms with E-state index in [0.29, 0.717) is 65.3 Å². The van der Waals surface area contributed by atoms with E-state index in [9.17, 15) is 24.0 Å². The predicted molar refractivity (Wildman–Crippen MR) is 181 cm³/mol. The number of rotatable bonds is 14. The minimum Gasteiger partial charge on any atom is -0.459 e. The normalized spacial score (nSPS) is 17.2. The molecule has 13 heteroatoms. The highest BCUT2D eigenvalue weighted by Crippen LogP contribution is 2.11. The van der Waals surface area contributed by atoms with Crippen LogP contribution in [-0.4, -0.2) is 152 Å². The van der Waals surface area contributed by atoms with Crippen molar-refractivity contribution in [3.05, 3.63) is 0 Å². The fraction of sp³-hybridized carbons (Fsp3) is 0.853. The lowest BCUT2D eigenvalue weighted by Crippen LogP contribution is -2.50. The highest BCUT2D eigenvalue weighted by atomic mass is 16.6. The van der Waals surface area contributed by atoms with Crippen LogP contribution in [0.1, 0.15) is 88.0 Å². The molecule has 0 aromatic carbocycles. The molecule has 0 aromatic rings. The number of nitrogens with zero attached hydrogens (tertiary/aromatic N) is 4. The topological polar surface area (TPSA) is 138 Å². The minimum atomic E-state index is -0.624. The molecule has 13 nitrogen and oxygen atoms in total. The summed E-state index contributed by atoms with van der Waals surface area (Å²) in [6.07, 6.45) is 3.91. The second kappa shape index (κ2) is 20.7. The molecule has 1 aliphatic rings. The van der Waals surface area contributed by atoms with Crippen LogP contribution in [0, 0.1) is 0 Å². The Bertz CT molecular complexity index is 940. The third-order valence-electron chi connectivity index (χ3n) is 6.94. The van der Waals surface area contributed by atoms with Crippen LogP contribution >= 0.6 is 0 Å². The zero-order valence-corrected chi connectivity index (χ0v) is 30.7. The Morgan fingerprint density at radius 1 is 0.532 bits per heavy atom. The maximum atomic E-state index is 12.9. The number of nitrogens with one attached hydrogen (secondary N) is 1. The molecule has 0 spiro atoms. The number of aldehydes is 1. The van der Waals surface area contributed by atoms with Gasteiger partial charge in [0, 0.05) is 65.3 Å². The second-order valence-electron chi connectivity index (χ2n) is 15.2. The maximum absolute atomic E-state index is 12.9. The van der Waals surface area contributed by atoms with Gasteiger partial charge in [-0.05, 0) is 75.2 Å². The first-order valence-corrected chi connectivity index (χ1v) is 17.0. The molecule has 1 saturated heterocycles. The van der Waals surface area contributed by atoms with E-state index < -0.39 is 16.8 Å². The molecule has 1 N–H and O–H groups in total. The van der Waals surface area contributed by atoms with Crippen molar-refractivity contribution in [3.63, 3.8) is 0 Å². The van der Waals surface area contributed by atoms with E-state index in [1.54, 1.807) is 0 Å². The molecule has 1 fully saturated rings. The number of hydrogen-bond donors (Lipinski definition) is 1. The first-order valence-electron chi connectivity index (χ1n) is 17.0. The van der Waals surface area contributed by atoms with Crippen molar-refractivity contribution in [1.82, 2.24) is 24.9 Å². The number of carbonyl (C=O) groups excluding carboxylic acids is 5. The van der Waals surface area contributed by atoms with E-state index in [0.717, 1.165) is 25.5 Å². The number of ether oxygens (including phenoxy) is 3. The molecule has 0 aromatic heterocycles. The van der Waals surface area contributed by atoms with Gasteiger partial charge in [0.25, 0.3) is 0 Å². The quantitative estimate of drug-likeness (QED) is 0.126. The van der Waals surface area contributed by atoms with Gasteiger partial charge in [-0.15, -0.1) is 0 Å². The number of esters is 3. The summed E-state index contributed by atoms with van der Waals surface area (Å²) in [5.41, 5.74) is -1.87. The van der Waals surface area contributed by atoms with Crippen LogP contribution < -0.4 is 5.32 Å². The van der Waals surface area contributed by atoms with Gasteiger partial charge >= 0.3 is 17.9 Å². The van der Waals surface area contributed by atoms with Gasteiger partial charge in [0.2, 0.25) is 5.91 Å². The molecular weight excluding hydrogens is 606 g/mol. The third kappa shape index (κ3) is 23.4. The highest BCUT2D eigenvalue weighted by Gasteiger charge is 2.26. The summed E-state index contributed by atoms with van der Waals surface area (Å²) in [5, 5.41) is 2.98. The summed E-state index contributed by atoms with van der Waals surface area (Å²) in [6, 6.07) is 0. The molecular formula is C34H63N5O8. The third-order valence-corrected chi connectivity index (χ3v) is 6.94. The molecule has 0 aliphatic carbocycles. The summed E-state index contributed by atoms with van der Waals surface area (Å²) in [7, 11) is 0. The number of unbranched alkanes of at least 4 members (excludes halogenated alkanes) is 3. The maximum Gasteiger partial charge on any atom is 0.320 e. The van der Waals surface area contributed by atoms with Crippen LogP contribution in [-0.2, 0) is 38.2 Å². The van der Waals surface area contributed by atoms with Gasteiger partial charge in [-0.25, -0.2) is 0 Å². The lowest BCUT2D eigenvalue weighted by atomic mass is 10.2. The average molecular weight is 670 g/mol. The van der Waals surface area contributed by atoms with Crippen LogP contribution in [0.25, 0.3) is 0 Å². The van der Waals surface area contributed by atoms with Crippen LogP contribution in [0.3, 0.4) is 0 Å². The van der Waals surface area contributed by atoms with Crippen LogP contribution in [0.5, 0.6) is 0 Å². The van der Waals surface area contributed by atoms with Crippen molar-refractivity contribution in [2.24, 2.45) is 0 Å². The molecule has 0 radical (unpaired) electrons. The largest absolute Gasteiger partial charge is 0.459 e. The molecule has 0 atom stereocenters. The summed E-state index contributed by atoms with van der Waals surface area (Å²) < 4.78 is 16.8. The fourth-order valence-corrected chi connectivity index (χ4v) is 4.90. The minimum absolute atomic E-state index is 0.0687. The van der Waals surface area contributed by atoms with Crippen molar-refractivity contribution >= 4 is 30.1 Å². The zero-order chi connectivity index (χ0) is 35.7. The lowest BCUT2D eigenvalue weighted by molar-refractivity contribution is -0.158. The Balaban J connectivity index is 3.14. The predicted octanol–water partition coefficient (Wildman–Crippen LogP) is 2.11. The van der Waals surface area contributed by atoms with Gasteiger partial charge in [-0.3, -0.25) is 38.8 Å². The van der Waals surface area contributed by atoms with Crippen molar-refractivity contribution in [1.29, 1.82) is 0 Å². The van der Waals surface area contributed by atoms with Gasteiger partial charge in [0.05, 0.1) is 26.2 Å². The number of amides is 1. The van der Waals surface area contributed by atoms with E-state index in [1.807, 2.05) is 81.9 Å². The van der Waals surface area contributed by atoms with Crippen molar-refractivity contribution < 1.29 is 38.2 Å². The van der Waals surface area contributed by atoms with Crippen LogP contribution in [0.4, 0.5) is 0 Å². The Labute approximate surface area is 283 Å². The first kappa shape index (κ1) is 42.4. The van der Waals surface area contributed by atoms with E-state index in [1.165, 1.54) is 0 Å². The van der Waals surface area contributed by atoms with Gasteiger partial charge in [-0.2, -0.15) is 0 Å². The molecule has 1 heterocycles. The molecule has 1 rings (SSSR count). The van der Waals surface area contributed by atoms with E-state index >= 15 is 0 Å². The Kier molecular flexibility index (Phi) is 18.7. The molecule has 1 amide bonds. The first-order chi connectivity index (χ1) is 21.7. The molecule has 1 aliphatic heterocycles. The van der Waals surface area contributed by atoms with Crippen LogP contribution in [0.15, 0.2) is 0 Å². The highest BCUT2D eigenvalue weighted by molar-refractivity contribution is 5.78. The molecule has 0 unspecified atom stereocenters. The van der Waals surface area contributed by atoms with E-state index in [-0.39, 0.29) is 50.0 Å². The molecule has 47 heavy (non-hydrogen) atoms. The SMILES string of the molecule is CC(C)(C)OC(=O)CN1CCN(CC(=O)NCCCCCC=O)CCN(CC(=O)OC(C)(C)C)CCN(CC(=O)OC(C)(C)C)CC1. The van der Waals surface area contributed by atoms with Gasteiger partial charge < -0.3 is 24.3 Å². The summed E-state index contributed by atoms with van der Waals surface area (Å²) in [5.74, 6) is -1.13. The summed E-state index contributed by atoms with van der Waals surface area (Å²) in [4.78, 5) is 70.0. The Morgan fingerprint density at radius 2 is 0.851 bits per heavy atom. The molecule has 0 saturated carbocycles. The van der Waals surface area contributed by atoms with E-state index in [2.05, 4.69) is 5.32 Å². The number of carbonyl (C=O) groups is 5. The van der Waals surface area contributed by atoms with Crippen molar-refractivity contribution in [2.45, 2.75) is 105 Å². The summed E-state index contributed by atoms with van der Waals surface area (Å²) >= 11 is 0. The van der Waals surface area contributed by atoms with Crippen LogP contribution in [0.2, 0.25) is 0 Å². The standard InChI is InChI=1S/C34H63N5O8/c1-32(2,3)45-29(42)25-37-17-15-36(24-28(41)35-14-12-10-11-13-23-40)16-18-38(26-30(43)46-33(4,5)6)20-22-39(21-19-37)27-31(44)47-34(7,8)9/h23H,10-22,24-27H2,1-9H3,(H,35,41). The number of hydrogen-bond acceptors (Lipinski definition) is 12. The molecule has 0 bridgehead atoms. The van der Waals surface area contributed by atoms with Gasteiger partial charge in [0.15, 0.2) is 0 Å². The smallest absolute Gasteiger partial charge is 0.320 e. The Hall–Kier alpha value is -2.61. The zero-order valence-electron chi connectivity index (χ0n) is 30.7. The van der Waals surface area contributed by atoms with Gasteiger partial charge in [0.1, 0.15) is 23.1 Å². The lowest BCUT2D eigenvalue weighted by Gasteiger charge is -2.34. The monoisotopic (exact) mass is 669 g/mol. The van der Waals surface area contributed by atoms with Crippen molar-refractivity contribution in [2.75, 3.05) is 85.1 Å². The average Bonchev–Trinajstić information content (AvgIpc) is 2.88. The van der Waals surface area contributed by atoms with E-state index in [4.69, 9.17) is 14.2 Å². The van der Waals surface area contributed by atoms with Gasteiger partial charge in [-0.1, -0.05) is 6.42 Å². The Morgan fingerprint density at radius 3 is 1.15 bits per heavy atom. The fourth-order valence-electron chi connectivity index (χ4n) is 4.90. The second-order valence-corrected chi connectivity index (χ2v) is 15.2. The van der Waals surface area contributed by atoms with Crippen molar-refractivity contribution in [3.8, 4) is 0 Å².